The van der Waals surface area contributed by atoms with E-state index in [0.29, 0.717) is 17.7 Å². The maximum absolute atomic E-state index is 12.7. The zero-order valence-electron chi connectivity index (χ0n) is 14.1. The fourth-order valence-electron chi connectivity index (χ4n) is 2.97. The third-order valence-electron chi connectivity index (χ3n) is 4.46. The fraction of sp³-hybridized carbons (Fsp3) is 0.600. The number of nitrogens with one attached hydrogen (secondary N) is 2. The predicted molar refractivity (Wildman–Crippen MR) is 89.6 cm³/mol. The van der Waals surface area contributed by atoms with Crippen LogP contribution < -0.4 is 10.0 Å². The summed E-state index contributed by atoms with van der Waals surface area (Å²) >= 11 is 0. The molecule has 2 rings (SSSR count). The fourth-order valence-corrected chi connectivity index (χ4v) is 4.44. The van der Waals surface area contributed by atoms with Gasteiger partial charge in [-0.1, -0.05) is 0 Å². The molecule has 134 valence electrons. The van der Waals surface area contributed by atoms with E-state index in [4.69, 9.17) is 4.74 Å². The van der Waals surface area contributed by atoms with E-state index in [0.717, 1.165) is 25.5 Å². The van der Waals surface area contributed by atoms with Crippen LogP contribution in [-0.2, 0) is 14.8 Å². The largest absolute Gasteiger partial charge is 0.383 e. The smallest absolute Gasteiger partial charge is 0.271 e. The summed E-state index contributed by atoms with van der Waals surface area (Å²) < 4.78 is 33.2. The quantitative estimate of drug-likeness (QED) is 0.561. The first-order valence-corrected chi connectivity index (χ1v) is 9.18. The summed E-state index contributed by atoms with van der Waals surface area (Å²) in [6.45, 7) is 4.67. The van der Waals surface area contributed by atoms with Crippen LogP contribution >= 0.6 is 0 Å². The minimum atomic E-state index is -3.86. The second kappa shape index (κ2) is 7.14. The van der Waals surface area contributed by atoms with Gasteiger partial charge < -0.3 is 10.1 Å². The Labute approximate surface area is 141 Å². The van der Waals surface area contributed by atoms with E-state index >= 15 is 0 Å². The number of nitrogens with zero attached hydrogens (tertiary/aromatic N) is 1. The van der Waals surface area contributed by atoms with E-state index in [1.807, 2.05) is 0 Å². The molecule has 1 aromatic rings. The monoisotopic (exact) mass is 357 g/mol. The van der Waals surface area contributed by atoms with E-state index in [1.54, 1.807) is 21.0 Å². The number of benzene rings is 1. The van der Waals surface area contributed by atoms with Gasteiger partial charge in [0.05, 0.1) is 22.0 Å². The van der Waals surface area contributed by atoms with Crippen molar-refractivity contribution >= 4 is 15.7 Å². The first kappa shape index (κ1) is 18.8. The van der Waals surface area contributed by atoms with Crippen molar-refractivity contribution in [1.82, 2.24) is 10.0 Å². The van der Waals surface area contributed by atoms with Crippen molar-refractivity contribution in [1.29, 1.82) is 0 Å². The van der Waals surface area contributed by atoms with Gasteiger partial charge in [0.2, 0.25) is 10.0 Å². The first-order chi connectivity index (χ1) is 11.2. The summed E-state index contributed by atoms with van der Waals surface area (Å²) in [7, 11) is -2.29. The number of nitro benzene ring substituents is 1. The lowest BCUT2D eigenvalue weighted by Gasteiger charge is -2.29. The molecule has 2 N–H and O–H groups in total. The summed E-state index contributed by atoms with van der Waals surface area (Å²) in [5, 5.41) is 14.3. The average Bonchev–Trinajstić information content (AvgIpc) is 2.97. The molecular formula is C15H23N3O5S. The van der Waals surface area contributed by atoms with Crippen LogP contribution in [0.5, 0.6) is 0 Å². The van der Waals surface area contributed by atoms with E-state index in [9.17, 15) is 18.5 Å². The molecule has 1 heterocycles. The molecule has 0 amide bonds. The SMILES string of the molecule is COCC1(CNS(=O)(=O)c2cc([N+](=O)[O-])cc(C)c2C)CCCN1. The Balaban J connectivity index is 2.29. The van der Waals surface area contributed by atoms with Crippen LogP contribution in [0.2, 0.25) is 0 Å². The number of aryl methyl sites for hydroxylation is 1. The summed E-state index contributed by atoms with van der Waals surface area (Å²) in [6, 6.07) is 2.48. The van der Waals surface area contributed by atoms with Crippen molar-refractivity contribution in [2.45, 2.75) is 37.1 Å². The van der Waals surface area contributed by atoms with Crippen LogP contribution in [0.15, 0.2) is 17.0 Å². The van der Waals surface area contributed by atoms with Gasteiger partial charge in [-0.2, -0.15) is 0 Å². The zero-order valence-corrected chi connectivity index (χ0v) is 14.9. The normalized spacial score (nSPS) is 21.1. The Hall–Kier alpha value is -1.55. The van der Waals surface area contributed by atoms with E-state index < -0.39 is 20.5 Å². The van der Waals surface area contributed by atoms with Gasteiger partial charge in [0, 0.05) is 25.8 Å². The molecule has 0 aliphatic carbocycles. The molecule has 1 atom stereocenters. The number of ether oxygens (including phenoxy) is 1. The second-order valence-corrected chi connectivity index (χ2v) is 7.95. The molecule has 0 radical (unpaired) electrons. The third-order valence-corrected chi connectivity index (χ3v) is 5.99. The molecule has 1 aliphatic rings. The van der Waals surface area contributed by atoms with Crippen LogP contribution in [0.4, 0.5) is 5.69 Å². The van der Waals surface area contributed by atoms with Gasteiger partial charge in [-0.05, 0) is 44.4 Å². The third kappa shape index (κ3) is 3.92. The minimum absolute atomic E-state index is 0.0558. The molecule has 0 spiro atoms. The number of methoxy groups -OCH3 is 1. The Morgan fingerprint density at radius 3 is 2.67 bits per heavy atom. The maximum Gasteiger partial charge on any atom is 0.271 e. The molecule has 9 heteroatoms. The molecule has 1 aromatic carbocycles. The van der Waals surface area contributed by atoms with Gasteiger partial charge in [-0.25, -0.2) is 13.1 Å². The van der Waals surface area contributed by atoms with Gasteiger partial charge in [-0.3, -0.25) is 10.1 Å². The molecular weight excluding hydrogens is 334 g/mol. The van der Waals surface area contributed by atoms with Gasteiger partial charge >= 0.3 is 0 Å². The minimum Gasteiger partial charge on any atom is -0.383 e. The van der Waals surface area contributed by atoms with Crippen LogP contribution in [0.1, 0.15) is 24.0 Å². The van der Waals surface area contributed by atoms with Crippen molar-refractivity contribution < 1.29 is 18.1 Å². The van der Waals surface area contributed by atoms with Gasteiger partial charge in [-0.15, -0.1) is 0 Å². The highest BCUT2D eigenvalue weighted by molar-refractivity contribution is 7.89. The lowest BCUT2D eigenvalue weighted by atomic mass is 9.99. The Morgan fingerprint density at radius 2 is 2.12 bits per heavy atom. The summed E-state index contributed by atoms with van der Waals surface area (Å²) in [4.78, 5) is 10.4. The number of hydrogen-bond donors (Lipinski definition) is 2. The summed E-state index contributed by atoms with van der Waals surface area (Å²) in [5.41, 5.74) is 0.401. The Morgan fingerprint density at radius 1 is 1.42 bits per heavy atom. The van der Waals surface area contributed by atoms with Crippen molar-refractivity contribution in [3.8, 4) is 0 Å². The van der Waals surface area contributed by atoms with Crippen LogP contribution in [-0.4, -0.2) is 45.7 Å². The van der Waals surface area contributed by atoms with Crippen LogP contribution in [0, 0.1) is 24.0 Å². The molecule has 24 heavy (non-hydrogen) atoms. The van der Waals surface area contributed by atoms with Crippen molar-refractivity contribution in [2.24, 2.45) is 0 Å². The number of nitro groups is 1. The van der Waals surface area contributed by atoms with E-state index in [2.05, 4.69) is 10.0 Å². The van der Waals surface area contributed by atoms with Crippen molar-refractivity contribution in [3.05, 3.63) is 33.4 Å². The second-order valence-electron chi connectivity index (χ2n) is 6.21. The molecule has 1 saturated heterocycles. The molecule has 0 bridgehead atoms. The Bertz CT molecular complexity index is 727. The molecule has 1 fully saturated rings. The molecule has 0 aromatic heterocycles. The highest BCUT2D eigenvalue weighted by Gasteiger charge is 2.35. The standard InChI is InChI=1S/C15H23N3O5S/c1-11-7-13(18(19)20)8-14(12(11)2)24(21,22)17-9-15(10-23-3)5-4-6-16-15/h7-8,16-17H,4-6,9-10H2,1-3H3. The van der Waals surface area contributed by atoms with Gasteiger partial charge in [0.15, 0.2) is 0 Å². The predicted octanol–water partition coefficient (Wildman–Crippen LogP) is 1.26. The van der Waals surface area contributed by atoms with Gasteiger partial charge in [0.1, 0.15) is 0 Å². The van der Waals surface area contributed by atoms with Crippen molar-refractivity contribution in [3.63, 3.8) is 0 Å². The summed E-state index contributed by atoms with van der Waals surface area (Å²) in [6.07, 6.45) is 1.75. The number of rotatable bonds is 7. The molecule has 1 aliphatic heterocycles. The van der Waals surface area contributed by atoms with Crippen LogP contribution in [0.3, 0.4) is 0 Å². The highest BCUT2D eigenvalue weighted by atomic mass is 32.2. The zero-order chi connectivity index (χ0) is 18.0. The van der Waals surface area contributed by atoms with E-state index in [-0.39, 0.29) is 17.1 Å². The average molecular weight is 357 g/mol. The highest BCUT2D eigenvalue weighted by Crippen LogP contribution is 2.26. The number of hydrogen-bond acceptors (Lipinski definition) is 6. The first-order valence-electron chi connectivity index (χ1n) is 7.70. The topological polar surface area (TPSA) is 111 Å². The number of non-ortho nitro benzene ring substituents is 1. The lowest BCUT2D eigenvalue weighted by Crippen LogP contribution is -2.52. The lowest BCUT2D eigenvalue weighted by molar-refractivity contribution is -0.385. The number of sulfonamides is 1. The summed E-state index contributed by atoms with van der Waals surface area (Å²) in [5.74, 6) is 0. The molecule has 8 nitrogen and oxygen atoms in total. The van der Waals surface area contributed by atoms with E-state index in [1.165, 1.54) is 6.07 Å². The van der Waals surface area contributed by atoms with Crippen LogP contribution in [0.25, 0.3) is 0 Å². The van der Waals surface area contributed by atoms with Crippen molar-refractivity contribution in [2.75, 3.05) is 26.8 Å². The molecule has 1 unspecified atom stereocenters. The maximum atomic E-state index is 12.7. The molecule has 0 saturated carbocycles. The Kier molecular flexibility index (Phi) is 5.59. The van der Waals surface area contributed by atoms with Gasteiger partial charge in [0.25, 0.3) is 5.69 Å².